The number of carbonyl (C=O) groups excluding carboxylic acids is 1. The molecule has 0 bridgehead atoms. The highest BCUT2D eigenvalue weighted by Gasteiger charge is 2.21. The Morgan fingerprint density at radius 1 is 0.889 bits per heavy atom. The Labute approximate surface area is 209 Å². The van der Waals surface area contributed by atoms with E-state index in [2.05, 4.69) is 10.3 Å². The molecule has 180 valence electrons. The highest BCUT2D eigenvalue weighted by Crippen LogP contribution is 2.26. The first-order valence-corrected chi connectivity index (χ1v) is 12.7. The third kappa shape index (κ3) is 4.91. The Morgan fingerprint density at radius 3 is 2.36 bits per heavy atom. The van der Waals surface area contributed by atoms with Gasteiger partial charge < -0.3 is 9.73 Å². The first kappa shape index (κ1) is 23.5. The summed E-state index contributed by atoms with van der Waals surface area (Å²) in [6.45, 7) is 0.252. The van der Waals surface area contributed by atoms with E-state index in [-0.39, 0.29) is 17.3 Å². The second kappa shape index (κ2) is 9.77. The van der Waals surface area contributed by atoms with E-state index >= 15 is 0 Å². The van der Waals surface area contributed by atoms with E-state index in [1.54, 1.807) is 18.2 Å². The minimum Gasteiger partial charge on any atom is -0.436 e. The standard InChI is InChI=1S/C28H23N3O4S/c1-31(19-20-8-3-2-4-9-20)36(33,34)24-16-14-21(15-17-24)27(32)29-23-11-7-10-22(18-23)28-30-25-12-5-6-13-26(25)35-28/h2-18H,19H2,1H3,(H,29,32). The van der Waals surface area contributed by atoms with Gasteiger partial charge in [-0.1, -0.05) is 48.5 Å². The van der Waals surface area contributed by atoms with Crippen molar-refractivity contribution in [3.8, 4) is 11.5 Å². The molecule has 1 amide bonds. The van der Waals surface area contributed by atoms with Crippen molar-refractivity contribution < 1.29 is 17.6 Å². The van der Waals surface area contributed by atoms with E-state index in [9.17, 15) is 13.2 Å². The first-order valence-electron chi connectivity index (χ1n) is 11.3. The highest BCUT2D eigenvalue weighted by molar-refractivity contribution is 7.89. The van der Waals surface area contributed by atoms with Crippen LogP contribution in [-0.2, 0) is 16.6 Å². The lowest BCUT2D eigenvalue weighted by Gasteiger charge is -2.17. The number of sulfonamides is 1. The number of para-hydroxylation sites is 2. The molecule has 0 unspecified atom stereocenters. The van der Waals surface area contributed by atoms with Gasteiger partial charge in [0, 0.05) is 30.4 Å². The quantitative estimate of drug-likeness (QED) is 0.317. The zero-order chi connectivity index (χ0) is 25.1. The Kier molecular flexibility index (Phi) is 6.37. The molecule has 0 fully saturated rings. The molecule has 0 saturated carbocycles. The Hall–Kier alpha value is -4.27. The van der Waals surface area contributed by atoms with Crippen molar-refractivity contribution >= 4 is 32.7 Å². The molecule has 0 aliphatic rings. The molecule has 1 heterocycles. The molecule has 1 aromatic heterocycles. The van der Waals surface area contributed by atoms with E-state index in [1.807, 2.05) is 60.7 Å². The minimum absolute atomic E-state index is 0.121. The smallest absolute Gasteiger partial charge is 0.255 e. The number of fused-ring (bicyclic) bond motifs is 1. The van der Waals surface area contributed by atoms with E-state index in [1.165, 1.54) is 35.6 Å². The third-order valence-corrected chi connectivity index (χ3v) is 7.55. The number of amides is 1. The second-order valence-electron chi connectivity index (χ2n) is 8.29. The van der Waals surface area contributed by atoms with Crippen LogP contribution in [0.3, 0.4) is 0 Å². The van der Waals surface area contributed by atoms with E-state index < -0.39 is 10.0 Å². The number of anilines is 1. The van der Waals surface area contributed by atoms with Crippen molar-refractivity contribution in [2.24, 2.45) is 0 Å². The zero-order valence-corrected chi connectivity index (χ0v) is 20.3. The second-order valence-corrected chi connectivity index (χ2v) is 10.3. The summed E-state index contributed by atoms with van der Waals surface area (Å²) in [6.07, 6.45) is 0. The zero-order valence-electron chi connectivity index (χ0n) is 19.5. The predicted octanol–water partition coefficient (Wildman–Crippen LogP) is 5.57. The van der Waals surface area contributed by atoms with Crippen LogP contribution < -0.4 is 5.32 Å². The summed E-state index contributed by atoms with van der Waals surface area (Å²) in [6, 6.07) is 30.0. The van der Waals surface area contributed by atoms with Crippen molar-refractivity contribution in [1.82, 2.24) is 9.29 Å². The topological polar surface area (TPSA) is 92.5 Å². The molecule has 0 atom stereocenters. The maximum absolute atomic E-state index is 13.0. The largest absolute Gasteiger partial charge is 0.436 e. The molecule has 4 aromatic carbocycles. The van der Waals surface area contributed by atoms with Crippen LogP contribution in [0.25, 0.3) is 22.6 Å². The fourth-order valence-corrected chi connectivity index (χ4v) is 4.97. The van der Waals surface area contributed by atoms with Crippen LogP contribution in [0.5, 0.6) is 0 Å². The van der Waals surface area contributed by atoms with Gasteiger partial charge in [-0.05, 0) is 60.2 Å². The van der Waals surface area contributed by atoms with Crippen molar-refractivity contribution in [1.29, 1.82) is 0 Å². The maximum Gasteiger partial charge on any atom is 0.255 e. The SMILES string of the molecule is CN(Cc1ccccc1)S(=O)(=O)c1ccc(C(=O)Nc2cccc(-c3nc4ccccc4o3)c2)cc1. The maximum atomic E-state index is 13.0. The van der Waals surface area contributed by atoms with Crippen molar-refractivity contribution in [2.75, 3.05) is 12.4 Å². The van der Waals surface area contributed by atoms with Crippen LogP contribution in [0.4, 0.5) is 5.69 Å². The van der Waals surface area contributed by atoms with Gasteiger partial charge in [0.25, 0.3) is 5.91 Å². The number of carbonyl (C=O) groups is 1. The summed E-state index contributed by atoms with van der Waals surface area (Å²) in [5.74, 6) is 0.104. The predicted molar refractivity (Wildman–Crippen MR) is 139 cm³/mol. The molecular formula is C28H23N3O4S. The molecule has 0 spiro atoms. The number of benzene rings is 4. The van der Waals surface area contributed by atoms with E-state index in [0.717, 1.165) is 16.6 Å². The van der Waals surface area contributed by atoms with Crippen LogP contribution in [0.1, 0.15) is 15.9 Å². The number of oxazole rings is 1. The monoisotopic (exact) mass is 497 g/mol. The van der Waals surface area contributed by atoms with Gasteiger partial charge >= 0.3 is 0 Å². The fraction of sp³-hybridized carbons (Fsp3) is 0.0714. The summed E-state index contributed by atoms with van der Waals surface area (Å²) < 4.78 is 33.0. The van der Waals surface area contributed by atoms with Crippen molar-refractivity contribution in [3.63, 3.8) is 0 Å². The fourth-order valence-electron chi connectivity index (χ4n) is 3.81. The van der Waals surface area contributed by atoms with Crippen LogP contribution >= 0.6 is 0 Å². The number of nitrogens with one attached hydrogen (secondary N) is 1. The molecule has 7 nitrogen and oxygen atoms in total. The summed E-state index contributed by atoms with van der Waals surface area (Å²) in [7, 11) is -2.17. The molecule has 0 saturated heterocycles. The summed E-state index contributed by atoms with van der Waals surface area (Å²) in [5, 5.41) is 2.85. The molecule has 1 N–H and O–H groups in total. The average molecular weight is 498 g/mol. The van der Waals surface area contributed by atoms with Gasteiger partial charge in [-0.3, -0.25) is 4.79 Å². The minimum atomic E-state index is -3.70. The average Bonchev–Trinajstić information content (AvgIpc) is 3.34. The molecule has 5 aromatic rings. The molecule has 5 rings (SSSR count). The molecular weight excluding hydrogens is 474 g/mol. The first-order chi connectivity index (χ1) is 17.4. The third-order valence-electron chi connectivity index (χ3n) is 5.73. The van der Waals surface area contributed by atoms with Gasteiger partial charge in [0.2, 0.25) is 15.9 Å². The van der Waals surface area contributed by atoms with Gasteiger partial charge in [-0.2, -0.15) is 4.31 Å². The van der Waals surface area contributed by atoms with Gasteiger partial charge in [0.15, 0.2) is 5.58 Å². The van der Waals surface area contributed by atoms with E-state index in [4.69, 9.17) is 4.42 Å². The van der Waals surface area contributed by atoms with Gasteiger partial charge in [0.05, 0.1) is 4.90 Å². The van der Waals surface area contributed by atoms with Gasteiger partial charge in [0.1, 0.15) is 5.52 Å². The lowest BCUT2D eigenvalue weighted by atomic mass is 10.1. The molecule has 8 heteroatoms. The van der Waals surface area contributed by atoms with Crippen molar-refractivity contribution in [3.05, 3.63) is 114 Å². The Bertz CT molecular complexity index is 1600. The van der Waals surface area contributed by atoms with Gasteiger partial charge in [-0.25, -0.2) is 13.4 Å². The van der Waals surface area contributed by atoms with Crippen LogP contribution in [0.15, 0.2) is 112 Å². The van der Waals surface area contributed by atoms with Crippen LogP contribution in [-0.4, -0.2) is 30.7 Å². The molecule has 0 radical (unpaired) electrons. The van der Waals surface area contributed by atoms with Crippen LogP contribution in [0.2, 0.25) is 0 Å². The van der Waals surface area contributed by atoms with Gasteiger partial charge in [-0.15, -0.1) is 0 Å². The number of nitrogens with zero attached hydrogens (tertiary/aromatic N) is 2. The summed E-state index contributed by atoms with van der Waals surface area (Å²) in [4.78, 5) is 17.4. The lowest BCUT2D eigenvalue weighted by molar-refractivity contribution is 0.102. The number of hydrogen-bond donors (Lipinski definition) is 1. The number of hydrogen-bond acceptors (Lipinski definition) is 5. The Balaban J connectivity index is 1.29. The highest BCUT2D eigenvalue weighted by atomic mass is 32.2. The van der Waals surface area contributed by atoms with E-state index in [0.29, 0.717) is 22.7 Å². The van der Waals surface area contributed by atoms with Crippen molar-refractivity contribution in [2.45, 2.75) is 11.4 Å². The summed E-state index contributed by atoms with van der Waals surface area (Å²) in [5.41, 5.74) is 3.97. The molecule has 0 aliphatic carbocycles. The normalized spacial score (nSPS) is 11.6. The Morgan fingerprint density at radius 2 is 1.61 bits per heavy atom. The lowest BCUT2D eigenvalue weighted by Crippen LogP contribution is -2.26. The molecule has 0 aliphatic heterocycles. The number of rotatable bonds is 7. The van der Waals surface area contributed by atoms with Crippen LogP contribution in [0, 0.1) is 0 Å². The number of aromatic nitrogens is 1. The molecule has 36 heavy (non-hydrogen) atoms. The summed E-state index contributed by atoms with van der Waals surface area (Å²) >= 11 is 0.